The summed E-state index contributed by atoms with van der Waals surface area (Å²) in [6.07, 6.45) is 4.82. The van der Waals surface area contributed by atoms with Crippen molar-refractivity contribution in [1.82, 2.24) is 14.7 Å². The number of hydrogen-bond acceptors (Lipinski definition) is 3. The van der Waals surface area contributed by atoms with Gasteiger partial charge < -0.3 is 10.6 Å². The maximum atomic E-state index is 12.9. The molecule has 1 aromatic carbocycles. The molecule has 3 aromatic rings. The van der Waals surface area contributed by atoms with Crippen molar-refractivity contribution < 1.29 is 9.59 Å². The van der Waals surface area contributed by atoms with Gasteiger partial charge >= 0.3 is 0 Å². The van der Waals surface area contributed by atoms with Gasteiger partial charge in [-0.2, -0.15) is 0 Å². The number of pyridine rings is 1. The van der Waals surface area contributed by atoms with Gasteiger partial charge in [0.15, 0.2) is 5.69 Å². The molecule has 3 rings (SSSR count). The van der Waals surface area contributed by atoms with Gasteiger partial charge in [-0.25, -0.2) is 4.98 Å². The fraction of sp³-hybridized carbons (Fsp3) is 0.318. The van der Waals surface area contributed by atoms with Crippen molar-refractivity contribution in [3.63, 3.8) is 0 Å². The summed E-state index contributed by atoms with van der Waals surface area (Å²) in [7, 11) is 0. The largest absolute Gasteiger partial charge is 0.351 e. The van der Waals surface area contributed by atoms with E-state index in [0.717, 1.165) is 36.1 Å². The molecule has 0 radical (unpaired) electrons. The third-order valence-electron chi connectivity index (χ3n) is 4.89. The van der Waals surface area contributed by atoms with E-state index in [2.05, 4.69) is 22.5 Å². The van der Waals surface area contributed by atoms with Crippen molar-refractivity contribution in [3.8, 4) is 0 Å². The van der Waals surface area contributed by atoms with E-state index in [0.29, 0.717) is 12.1 Å². The summed E-state index contributed by atoms with van der Waals surface area (Å²) < 4.78 is 1.65. The van der Waals surface area contributed by atoms with Crippen molar-refractivity contribution in [3.05, 3.63) is 65.2 Å². The van der Waals surface area contributed by atoms with Gasteiger partial charge in [0.25, 0.3) is 11.8 Å². The lowest BCUT2D eigenvalue weighted by molar-refractivity contribution is 0.0950. The highest BCUT2D eigenvalue weighted by Gasteiger charge is 2.21. The molecule has 28 heavy (non-hydrogen) atoms. The maximum absolute atomic E-state index is 12.9. The van der Waals surface area contributed by atoms with E-state index in [1.165, 1.54) is 0 Å². The van der Waals surface area contributed by atoms with Crippen LogP contribution in [0, 0.1) is 13.8 Å². The van der Waals surface area contributed by atoms with Crippen molar-refractivity contribution in [1.29, 1.82) is 0 Å². The fourth-order valence-electron chi connectivity index (χ4n) is 3.09. The monoisotopic (exact) mass is 378 g/mol. The van der Waals surface area contributed by atoms with Crippen LogP contribution in [0.5, 0.6) is 0 Å². The van der Waals surface area contributed by atoms with E-state index in [1.807, 2.05) is 44.2 Å². The SMILES string of the molecule is CCCCCNC(=O)c1nc(C(=O)Nc2cccc(C)c2C)n2ccccc12. The zero-order valence-corrected chi connectivity index (χ0v) is 16.6. The van der Waals surface area contributed by atoms with Crippen molar-refractivity contribution in [2.75, 3.05) is 11.9 Å². The lowest BCUT2D eigenvalue weighted by Crippen LogP contribution is -2.25. The molecule has 0 spiro atoms. The number of anilines is 1. The second-order valence-corrected chi connectivity index (χ2v) is 6.90. The van der Waals surface area contributed by atoms with Gasteiger partial charge in [0, 0.05) is 18.4 Å². The van der Waals surface area contributed by atoms with Gasteiger partial charge in [-0.3, -0.25) is 14.0 Å². The maximum Gasteiger partial charge on any atom is 0.292 e. The summed E-state index contributed by atoms with van der Waals surface area (Å²) in [4.78, 5) is 29.9. The summed E-state index contributed by atoms with van der Waals surface area (Å²) in [5, 5.41) is 5.82. The number of carbonyl (C=O) groups is 2. The number of unbranched alkanes of at least 4 members (excludes halogenated alkanes) is 2. The Labute approximate surface area is 165 Å². The Morgan fingerprint density at radius 1 is 1.04 bits per heavy atom. The molecule has 0 fully saturated rings. The quantitative estimate of drug-likeness (QED) is 0.607. The minimum atomic E-state index is -0.347. The number of aryl methyl sites for hydroxylation is 1. The molecule has 0 saturated carbocycles. The van der Waals surface area contributed by atoms with Gasteiger partial charge in [0.1, 0.15) is 0 Å². The minimum absolute atomic E-state index is 0.190. The number of amides is 2. The van der Waals surface area contributed by atoms with Crippen LogP contribution in [0.25, 0.3) is 5.52 Å². The predicted molar refractivity (Wildman–Crippen MR) is 111 cm³/mol. The van der Waals surface area contributed by atoms with Crippen LogP contribution in [0.4, 0.5) is 5.69 Å². The number of aromatic nitrogens is 2. The molecular weight excluding hydrogens is 352 g/mol. The van der Waals surface area contributed by atoms with E-state index in [1.54, 1.807) is 16.7 Å². The standard InChI is InChI=1S/C22H26N4O2/c1-4-5-7-13-23-21(27)19-18-12-6-8-14-26(18)20(25-19)22(28)24-17-11-9-10-15(2)16(17)3/h6,8-12,14H,4-5,7,13H2,1-3H3,(H,23,27)(H,24,28). The molecule has 2 aromatic heterocycles. The van der Waals surface area contributed by atoms with E-state index >= 15 is 0 Å². The number of rotatable bonds is 7. The Morgan fingerprint density at radius 3 is 2.64 bits per heavy atom. The normalized spacial score (nSPS) is 10.8. The summed E-state index contributed by atoms with van der Waals surface area (Å²) in [5.74, 6) is -0.416. The van der Waals surface area contributed by atoms with E-state index in [-0.39, 0.29) is 23.3 Å². The highest BCUT2D eigenvalue weighted by atomic mass is 16.2. The second kappa shape index (κ2) is 8.69. The lowest BCUT2D eigenvalue weighted by atomic mass is 10.1. The molecule has 2 amide bonds. The van der Waals surface area contributed by atoms with Crippen LogP contribution < -0.4 is 10.6 Å². The molecule has 0 unspecified atom stereocenters. The molecule has 146 valence electrons. The van der Waals surface area contributed by atoms with Gasteiger partial charge in [-0.05, 0) is 49.6 Å². The Bertz CT molecular complexity index is 1010. The van der Waals surface area contributed by atoms with Crippen LogP contribution in [0.3, 0.4) is 0 Å². The van der Waals surface area contributed by atoms with Crippen LogP contribution in [-0.4, -0.2) is 27.7 Å². The zero-order chi connectivity index (χ0) is 20.1. The number of carbonyl (C=O) groups excluding carboxylic acids is 2. The molecule has 0 aliphatic carbocycles. The van der Waals surface area contributed by atoms with Crippen molar-refractivity contribution >= 4 is 23.0 Å². The summed E-state index contributed by atoms with van der Waals surface area (Å²) in [6.45, 7) is 6.68. The molecule has 0 atom stereocenters. The van der Waals surface area contributed by atoms with Crippen LogP contribution in [0.15, 0.2) is 42.6 Å². The molecule has 0 aliphatic heterocycles. The molecular formula is C22H26N4O2. The number of fused-ring (bicyclic) bond motifs is 1. The molecule has 2 N–H and O–H groups in total. The average molecular weight is 378 g/mol. The predicted octanol–water partition coefficient (Wildman–Crippen LogP) is 4.12. The highest BCUT2D eigenvalue weighted by molar-refractivity contribution is 6.06. The Morgan fingerprint density at radius 2 is 1.86 bits per heavy atom. The van der Waals surface area contributed by atoms with Gasteiger partial charge in [-0.1, -0.05) is 38.0 Å². The highest BCUT2D eigenvalue weighted by Crippen LogP contribution is 2.20. The molecule has 2 heterocycles. The van der Waals surface area contributed by atoms with E-state index in [4.69, 9.17) is 0 Å². The third kappa shape index (κ3) is 4.06. The van der Waals surface area contributed by atoms with Crippen LogP contribution in [-0.2, 0) is 0 Å². The minimum Gasteiger partial charge on any atom is -0.351 e. The molecule has 6 heteroatoms. The van der Waals surface area contributed by atoms with E-state index in [9.17, 15) is 9.59 Å². The first-order valence-electron chi connectivity index (χ1n) is 9.65. The first-order chi connectivity index (χ1) is 13.5. The van der Waals surface area contributed by atoms with Crippen LogP contribution in [0.1, 0.15) is 58.4 Å². The topological polar surface area (TPSA) is 75.5 Å². The Balaban J connectivity index is 1.88. The number of nitrogens with zero attached hydrogens (tertiary/aromatic N) is 2. The first kappa shape index (κ1) is 19.6. The fourth-order valence-corrected chi connectivity index (χ4v) is 3.09. The first-order valence-corrected chi connectivity index (χ1v) is 9.65. The average Bonchev–Trinajstić information content (AvgIpc) is 3.08. The van der Waals surface area contributed by atoms with E-state index < -0.39 is 0 Å². The molecule has 0 bridgehead atoms. The van der Waals surface area contributed by atoms with Crippen molar-refractivity contribution in [2.45, 2.75) is 40.0 Å². The van der Waals surface area contributed by atoms with Crippen molar-refractivity contribution in [2.24, 2.45) is 0 Å². The smallest absolute Gasteiger partial charge is 0.292 e. The summed E-state index contributed by atoms with van der Waals surface area (Å²) in [5.41, 5.74) is 3.72. The lowest BCUT2D eigenvalue weighted by Gasteiger charge is -2.09. The summed E-state index contributed by atoms with van der Waals surface area (Å²) in [6, 6.07) is 11.2. The van der Waals surface area contributed by atoms with Gasteiger partial charge in [0.05, 0.1) is 5.52 Å². The second-order valence-electron chi connectivity index (χ2n) is 6.90. The third-order valence-corrected chi connectivity index (χ3v) is 4.89. The van der Waals surface area contributed by atoms with Crippen LogP contribution >= 0.6 is 0 Å². The summed E-state index contributed by atoms with van der Waals surface area (Å²) >= 11 is 0. The Kier molecular flexibility index (Phi) is 6.09. The zero-order valence-electron chi connectivity index (χ0n) is 16.6. The number of hydrogen-bond donors (Lipinski definition) is 2. The molecule has 0 aliphatic rings. The number of benzene rings is 1. The van der Waals surface area contributed by atoms with Gasteiger partial charge in [0.2, 0.25) is 5.82 Å². The number of imidazole rings is 1. The van der Waals surface area contributed by atoms with Crippen LogP contribution in [0.2, 0.25) is 0 Å². The molecule has 6 nitrogen and oxygen atoms in total. The van der Waals surface area contributed by atoms with Gasteiger partial charge in [-0.15, -0.1) is 0 Å². The Hall–Kier alpha value is -3.15. The number of nitrogens with one attached hydrogen (secondary N) is 2. The molecule has 0 saturated heterocycles.